The topological polar surface area (TPSA) is 104 Å². The van der Waals surface area contributed by atoms with Gasteiger partial charge in [0.2, 0.25) is 10.0 Å². The number of rotatable bonds is 9. The largest absolute Gasteiger partial charge is 0.342 e. The Hall–Kier alpha value is -3.75. The Bertz CT molecular complexity index is 1350. The van der Waals surface area contributed by atoms with E-state index in [1.807, 2.05) is 67.6 Å². The molecule has 7 nitrogen and oxygen atoms in total. The van der Waals surface area contributed by atoms with Crippen molar-refractivity contribution in [1.82, 2.24) is 20.0 Å². The highest BCUT2D eigenvalue weighted by atomic mass is 32.2. The van der Waals surface area contributed by atoms with Gasteiger partial charge in [0.05, 0.1) is 22.8 Å². The SMILES string of the molecule is CCC(NC(=O)c1cccc(S(=O)(=O)NCc2ccccc2)c1)c1ncc(-c2ccccc2)[nH]1. The molecule has 0 radical (unpaired) electrons. The zero-order valence-electron chi connectivity index (χ0n) is 18.7. The number of aromatic nitrogens is 2. The summed E-state index contributed by atoms with van der Waals surface area (Å²) in [6, 6.07) is 24.7. The number of nitrogens with one attached hydrogen (secondary N) is 3. The molecule has 1 atom stereocenters. The van der Waals surface area contributed by atoms with Gasteiger partial charge in [0.25, 0.3) is 5.91 Å². The minimum Gasteiger partial charge on any atom is -0.342 e. The van der Waals surface area contributed by atoms with Gasteiger partial charge < -0.3 is 10.3 Å². The monoisotopic (exact) mass is 474 g/mol. The van der Waals surface area contributed by atoms with E-state index in [-0.39, 0.29) is 29.0 Å². The van der Waals surface area contributed by atoms with Crippen LogP contribution in [0.25, 0.3) is 11.3 Å². The first-order valence-corrected chi connectivity index (χ1v) is 12.5. The highest BCUT2D eigenvalue weighted by Crippen LogP contribution is 2.21. The average Bonchev–Trinajstić information content (AvgIpc) is 3.37. The van der Waals surface area contributed by atoms with Crippen LogP contribution in [-0.4, -0.2) is 24.3 Å². The van der Waals surface area contributed by atoms with E-state index in [4.69, 9.17) is 0 Å². The van der Waals surface area contributed by atoms with Crippen molar-refractivity contribution in [3.63, 3.8) is 0 Å². The summed E-state index contributed by atoms with van der Waals surface area (Å²) in [4.78, 5) is 20.7. The third-order valence-corrected chi connectivity index (χ3v) is 6.84. The fraction of sp³-hybridized carbons (Fsp3) is 0.154. The first-order chi connectivity index (χ1) is 16.5. The highest BCUT2D eigenvalue weighted by Gasteiger charge is 2.20. The molecule has 8 heteroatoms. The van der Waals surface area contributed by atoms with Gasteiger partial charge in [0, 0.05) is 12.1 Å². The number of carbonyl (C=O) groups excluding carboxylic acids is 1. The standard InChI is InChI=1S/C26H26N4O3S/c1-2-23(25-27-18-24(29-25)20-12-7-4-8-13-20)30-26(31)21-14-9-15-22(16-21)34(32,33)28-17-19-10-5-3-6-11-19/h3-16,18,23,28H,2,17H2,1H3,(H,27,29)(H,30,31). The Morgan fingerprint density at radius 3 is 2.38 bits per heavy atom. The second kappa shape index (κ2) is 10.5. The summed E-state index contributed by atoms with van der Waals surface area (Å²) in [5, 5.41) is 2.95. The molecule has 0 spiro atoms. The van der Waals surface area contributed by atoms with Crippen LogP contribution in [0.4, 0.5) is 0 Å². The number of hydrogen-bond acceptors (Lipinski definition) is 4. The van der Waals surface area contributed by atoms with Crippen molar-refractivity contribution in [2.75, 3.05) is 0 Å². The zero-order valence-corrected chi connectivity index (χ0v) is 19.5. The van der Waals surface area contributed by atoms with Gasteiger partial charge in [-0.2, -0.15) is 0 Å². The molecule has 1 amide bonds. The van der Waals surface area contributed by atoms with Crippen LogP contribution in [0.1, 0.15) is 41.1 Å². The summed E-state index contributed by atoms with van der Waals surface area (Å²) < 4.78 is 28.1. The van der Waals surface area contributed by atoms with Crippen molar-refractivity contribution in [2.24, 2.45) is 0 Å². The Balaban J connectivity index is 1.46. The molecule has 34 heavy (non-hydrogen) atoms. The molecule has 1 aromatic heterocycles. The lowest BCUT2D eigenvalue weighted by molar-refractivity contribution is 0.0933. The van der Waals surface area contributed by atoms with Crippen LogP contribution in [0.5, 0.6) is 0 Å². The molecule has 3 aromatic carbocycles. The van der Waals surface area contributed by atoms with E-state index < -0.39 is 10.0 Å². The predicted octanol–water partition coefficient (Wildman–Crippen LogP) is 4.44. The number of hydrogen-bond donors (Lipinski definition) is 3. The number of H-pyrrole nitrogens is 1. The third-order valence-electron chi connectivity index (χ3n) is 5.44. The maximum Gasteiger partial charge on any atom is 0.251 e. The molecular formula is C26H26N4O3S. The number of imidazole rings is 1. The number of amides is 1. The quantitative estimate of drug-likeness (QED) is 0.334. The van der Waals surface area contributed by atoms with E-state index in [1.54, 1.807) is 18.3 Å². The number of aromatic amines is 1. The van der Waals surface area contributed by atoms with E-state index in [0.717, 1.165) is 16.8 Å². The number of nitrogens with zero attached hydrogens (tertiary/aromatic N) is 1. The number of carbonyl (C=O) groups is 1. The second-order valence-corrected chi connectivity index (χ2v) is 9.59. The van der Waals surface area contributed by atoms with Gasteiger partial charge in [-0.3, -0.25) is 4.79 Å². The molecule has 174 valence electrons. The highest BCUT2D eigenvalue weighted by molar-refractivity contribution is 7.89. The molecular weight excluding hydrogens is 448 g/mol. The third kappa shape index (κ3) is 5.59. The summed E-state index contributed by atoms with van der Waals surface area (Å²) in [5.74, 6) is 0.271. The Kier molecular flexibility index (Phi) is 7.20. The van der Waals surface area contributed by atoms with Crippen LogP contribution in [0.15, 0.2) is 96.0 Å². The van der Waals surface area contributed by atoms with E-state index >= 15 is 0 Å². The number of sulfonamides is 1. The molecule has 0 aliphatic carbocycles. The molecule has 0 bridgehead atoms. The first-order valence-electron chi connectivity index (χ1n) is 11.0. The predicted molar refractivity (Wildman–Crippen MR) is 131 cm³/mol. The first kappa shape index (κ1) is 23.4. The van der Waals surface area contributed by atoms with Gasteiger partial charge >= 0.3 is 0 Å². The van der Waals surface area contributed by atoms with Crippen molar-refractivity contribution in [3.05, 3.63) is 108 Å². The van der Waals surface area contributed by atoms with Crippen LogP contribution in [0.3, 0.4) is 0 Å². The molecule has 0 saturated heterocycles. The summed E-state index contributed by atoms with van der Waals surface area (Å²) in [6.45, 7) is 2.11. The van der Waals surface area contributed by atoms with Gasteiger partial charge in [0.1, 0.15) is 5.82 Å². The van der Waals surface area contributed by atoms with Crippen LogP contribution >= 0.6 is 0 Å². The lowest BCUT2D eigenvalue weighted by Gasteiger charge is -2.15. The van der Waals surface area contributed by atoms with Gasteiger partial charge in [-0.15, -0.1) is 0 Å². The zero-order chi connectivity index (χ0) is 24.0. The Morgan fingerprint density at radius 1 is 0.971 bits per heavy atom. The molecule has 4 rings (SSSR count). The van der Waals surface area contributed by atoms with Gasteiger partial charge in [-0.05, 0) is 35.7 Å². The lowest BCUT2D eigenvalue weighted by atomic mass is 10.1. The smallest absolute Gasteiger partial charge is 0.251 e. The lowest BCUT2D eigenvalue weighted by Crippen LogP contribution is -2.29. The molecule has 1 heterocycles. The average molecular weight is 475 g/mol. The van der Waals surface area contributed by atoms with Crippen molar-refractivity contribution in [2.45, 2.75) is 30.8 Å². The van der Waals surface area contributed by atoms with Crippen LogP contribution < -0.4 is 10.0 Å². The fourth-order valence-corrected chi connectivity index (χ4v) is 4.61. The van der Waals surface area contributed by atoms with E-state index in [1.165, 1.54) is 12.1 Å². The summed E-state index contributed by atoms with van der Waals surface area (Å²) >= 11 is 0. The molecule has 0 saturated carbocycles. The summed E-state index contributed by atoms with van der Waals surface area (Å²) in [5.41, 5.74) is 2.97. The van der Waals surface area contributed by atoms with Crippen molar-refractivity contribution < 1.29 is 13.2 Å². The van der Waals surface area contributed by atoms with E-state index in [9.17, 15) is 13.2 Å². The molecule has 0 aliphatic heterocycles. The minimum absolute atomic E-state index is 0.0356. The Morgan fingerprint density at radius 2 is 1.68 bits per heavy atom. The molecule has 1 unspecified atom stereocenters. The molecule has 4 aromatic rings. The van der Waals surface area contributed by atoms with E-state index in [2.05, 4.69) is 20.0 Å². The molecule has 0 aliphatic rings. The maximum atomic E-state index is 13.0. The maximum absolute atomic E-state index is 13.0. The summed E-state index contributed by atoms with van der Waals surface area (Å²) in [7, 11) is -3.78. The molecule has 0 fully saturated rings. The number of benzene rings is 3. The van der Waals surface area contributed by atoms with Gasteiger partial charge in [-0.25, -0.2) is 18.1 Å². The Labute approximate surface area is 199 Å². The van der Waals surface area contributed by atoms with Crippen molar-refractivity contribution in [3.8, 4) is 11.3 Å². The van der Waals surface area contributed by atoms with Gasteiger partial charge in [0.15, 0.2) is 0 Å². The fourth-order valence-electron chi connectivity index (χ4n) is 3.55. The van der Waals surface area contributed by atoms with Crippen LogP contribution in [0.2, 0.25) is 0 Å². The van der Waals surface area contributed by atoms with Gasteiger partial charge in [-0.1, -0.05) is 73.7 Å². The van der Waals surface area contributed by atoms with Crippen LogP contribution in [-0.2, 0) is 16.6 Å². The second-order valence-electron chi connectivity index (χ2n) is 7.82. The van der Waals surface area contributed by atoms with Crippen molar-refractivity contribution >= 4 is 15.9 Å². The van der Waals surface area contributed by atoms with Crippen molar-refractivity contribution in [1.29, 1.82) is 0 Å². The normalized spacial score (nSPS) is 12.3. The van der Waals surface area contributed by atoms with E-state index in [0.29, 0.717) is 12.2 Å². The minimum atomic E-state index is -3.78. The summed E-state index contributed by atoms with van der Waals surface area (Å²) in [6.07, 6.45) is 2.36. The molecule has 3 N–H and O–H groups in total. The van der Waals surface area contributed by atoms with Crippen LogP contribution in [0, 0.1) is 0 Å².